The summed E-state index contributed by atoms with van der Waals surface area (Å²) in [6, 6.07) is 0.0465. The summed E-state index contributed by atoms with van der Waals surface area (Å²) in [4.78, 5) is 0. The van der Waals surface area contributed by atoms with Crippen LogP contribution in [0.4, 0.5) is 0 Å². The Kier molecular flexibility index (Phi) is 7.91. The molecule has 0 spiro atoms. The molecular formula is C15H31NO3. The van der Waals surface area contributed by atoms with Gasteiger partial charge in [-0.3, -0.25) is 0 Å². The summed E-state index contributed by atoms with van der Waals surface area (Å²) in [5.41, 5.74) is 0. The highest BCUT2D eigenvalue weighted by Gasteiger charge is 2.20. The van der Waals surface area contributed by atoms with E-state index in [0.29, 0.717) is 25.2 Å². The van der Waals surface area contributed by atoms with Gasteiger partial charge in [0, 0.05) is 12.6 Å². The Bertz CT molecular complexity index is 227. The fourth-order valence-corrected chi connectivity index (χ4v) is 2.50. The molecule has 0 bridgehead atoms. The molecule has 19 heavy (non-hydrogen) atoms. The average Bonchev–Trinajstić information content (AvgIpc) is 2.38. The standard InChI is InChI=1S/C15H31NO3/c1-11(2)15(9-17)16-8-13(18)10-19-14-6-4-12(3)5-7-14/h11-18H,4-10H2,1-3H3. The van der Waals surface area contributed by atoms with Crippen LogP contribution in [0.3, 0.4) is 0 Å². The van der Waals surface area contributed by atoms with Gasteiger partial charge in [0.25, 0.3) is 0 Å². The molecule has 1 saturated carbocycles. The molecule has 4 heteroatoms. The molecule has 0 aromatic rings. The van der Waals surface area contributed by atoms with Gasteiger partial charge in [0.15, 0.2) is 0 Å². The van der Waals surface area contributed by atoms with Crippen LogP contribution in [-0.4, -0.2) is 48.2 Å². The van der Waals surface area contributed by atoms with Gasteiger partial charge in [-0.1, -0.05) is 20.8 Å². The van der Waals surface area contributed by atoms with E-state index in [1.165, 1.54) is 12.8 Å². The molecule has 0 aromatic heterocycles. The van der Waals surface area contributed by atoms with Crippen molar-refractivity contribution in [1.29, 1.82) is 0 Å². The molecule has 114 valence electrons. The second-order valence-corrected chi connectivity index (χ2v) is 6.31. The van der Waals surface area contributed by atoms with Crippen LogP contribution in [0.2, 0.25) is 0 Å². The molecule has 0 saturated heterocycles. The lowest BCUT2D eigenvalue weighted by Crippen LogP contribution is -2.42. The molecule has 1 aliphatic carbocycles. The zero-order valence-corrected chi connectivity index (χ0v) is 12.6. The number of nitrogens with one attached hydrogen (secondary N) is 1. The average molecular weight is 273 g/mol. The van der Waals surface area contributed by atoms with Gasteiger partial charge in [0.05, 0.1) is 25.4 Å². The number of aliphatic hydroxyl groups excluding tert-OH is 2. The van der Waals surface area contributed by atoms with Gasteiger partial charge in [0.1, 0.15) is 0 Å². The number of rotatable bonds is 8. The quantitative estimate of drug-likeness (QED) is 0.628. The van der Waals surface area contributed by atoms with E-state index in [-0.39, 0.29) is 12.6 Å². The van der Waals surface area contributed by atoms with Crippen molar-refractivity contribution in [2.75, 3.05) is 19.8 Å². The first-order valence-corrected chi connectivity index (χ1v) is 7.66. The molecule has 4 nitrogen and oxygen atoms in total. The minimum absolute atomic E-state index is 0.0465. The lowest BCUT2D eigenvalue weighted by Gasteiger charge is -2.27. The Morgan fingerprint density at radius 2 is 1.84 bits per heavy atom. The van der Waals surface area contributed by atoms with E-state index in [1.54, 1.807) is 0 Å². The predicted octanol–water partition coefficient (Wildman–Crippen LogP) is 1.55. The minimum atomic E-state index is -0.493. The van der Waals surface area contributed by atoms with Crippen LogP contribution in [0, 0.1) is 11.8 Å². The molecule has 0 aliphatic heterocycles. The maximum Gasteiger partial charge on any atom is 0.0897 e. The smallest absolute Gasteiger partial charge is 0.0897 e. The fraction of sp³-hybridized carbons (Fsp3) is 1.00. The SMILES string of the molecule is CC1CCC(OCC(O)CNC(CO)C(C)C)CC1. The Labute approximate surface area is 117 Å². The molecule has 1 fully saturated rings. The highest BCUT2D eigenvalue weighted by Crippen LogP contribution is 2.25. The molecule has 0 heterocycles. The molecule has 3 N–H and O–H groups in total. The van der Waals surface area contributed by atoms with Gasteiger partial charge in [0.2, 0.25) is 0 Å². The number of hydrogen-bond donors (Lipinski definition) is 3. The van der Waals surface area contributed by atoms with Crippen LogP contribution in [0.5, 0.6) is 0 Å². The molecular weight excluding hydrogens is 242 g/mol. The van der Waals surface area contributed by atoms with Crippen molar-refractivity contribution in [3.05, 3.63) is 0 Å². The van der Waals surface area contributed by atoms with Crippen molar-refractivity contribution >= 4 is 0 Å². The topological polar surface area (TPSA) is 61.7 Å². The first-order chi connectivity index (χ1) is 9.02. The van der Waals surface area contributed by atoms with E-state index in [2.05, 4.69) is 26.1 Å². The second-order valence-electron chi connectivity index (χ2n) is 6.31. The molecule has 0 radical (unpaired) electrons. The van der Waals surface area contributed by atoms with Crippen molar-refractivity contribution in [1.82, 2.24) is 5.32 Å². The number of ether oxygens (including phenoxy) is 1. The second kappa shape index (κ2) is 8.90. The number of hydrogen-bond acceptors (Lipinski definition) is 4. The van der Waals surface area contributed by atoms with Crippen molar-refractivity contribution in [3.63, 3.8) is 0 Å². The molecule has 2 atom stereocenters. The van der Waals surface area contributed by atoms with Crippen molar-refractivity contribution in [3.8, 4) is 0 Å². The lowest BCUT2D eigenvalue weighted by atomic mass is 9.89. The zero-order valence-electron chi connectivity index (χ0n) is 12.6. The van der Waals surface area contributed by atoms with Crippen LogP contribution in [-0.2, 0) is 4.74 Å². The zero-order chi connectivity index (χ0) is 14.3. The molecule has 1 aliphatic rings. The van der Waals surface area contributed by atoms with Crippen molar-refractivity contribution in [2.24, 2.45) is 11.8 Å². The minimum Gasteiger partial charge on any atom is -0.395 e. The molecule has 0 aromatic carbocycles. The van der Waals surface area contributed by atoms with Crippen molar-refractivity contribution in [2.45, 2.75) is 64.7 Å². The summed E-state index contributed by atoms with van der Waals surface area (Å²) >= 11 is 0. The maximum absolute atomic E-state index is 9.89. The first kappa shape index (κ1) is 16.9. The molecule has 0 amide bonds. The van der Waals surface area contributed by atoms with Crippen LogP contribution >= 0.6 is 0 Å². The number of aliphatic hydroxyl groups is 2. The Balaban J connectivity index is 2.12. The van der Waals surface area contributed by atoms with Crippen LogP contribution in [0.15, 0.2) is 0 Å². The van der Waals surface area contributed by atoms with E-state index in [9.17, 15) is 10.2 Å². The van der Waals surface area contributed by atoms with E-state index < -0.39 is 6.10 Å². The van der Waals surface area contributed by atoms with Crippen LogP contribution < -0.4 is 5.32 Å². The Hall–Kier alpha value is -0.160. The first-order valence-electron chi connectivity index (χ1n) is 7.66. The molecule has 1 rings (SSSR count). The fourth-order valence-electron chi connectivity index (χ4n) is 2.50. The largest absolute Gasteiger partial charge is 0.395 e. The van der Waals surface area contributed by atoms with Gasteiger partial charge in [-0.15, -0.1) is 0 Å². The summed E-state index contributed by atoms with van der Waals surface area (Å²) in [5.74, 6) is 1.18. The lowest BCUT2D eigenvalue weighted by molar-refractivity contribution is -0.0291. The van der Waals surface area contributed by atoms with Gasteiger partial charge >= 0.3 is 0 Å². The highest BCUT2D eigenvalue weighted by molar-refractivity contribution is 4.73. The molecule has 2 unspecified atom stereocenters. The monoisotopic (exact) mass is 273 g/mol. The Morgan fingerprint density at radius 3 is 2.37 bits per heavy atom. The third-order valence-electron chi connectivity index (χ3n) is 4.10. The normalized spacial score (nSPS) is 27.5. The van der Waals surface area contributed by atoms with E-state index in [1.807, 2.05) is 0 Å². The predicted molar refractivity (Wildman–Crippen MR) is 77.1 cm³/mol. The van der Waals surface area contributed by atoms with Crippen LogP contribution in [0.1, 0.15) is 46.5 Å². The van der Waals surface area contributed by atoms with Crippen LogP contribution in [0.25, 0.3) is 0 Å². The van der Waals surface area contributed by atoms with Gasteiger partial charge < -0.3 is 20.3 Å². The summed E-state index contributed by atoms with van der Waals surface area (Å²) in [7, 11) is 0. The summed E-state index contributed by atoms with van der Waals surface area (Å²) in [6.45, 7) is 7.37. The van der Waals surface area contributed by atoms with E-state index in [0.717, 1.165) is 18.8 Å². The highest BCUT2D eigenvalue weighted by atomic mass is 16.5. The third-order valence-corrected chi connectivity index (χ3v) is 4.10. The third kappa shape index (κ3) is 6.70. The Morgan fingerprint density at radius 1 is 1.21 bits per heavy atom. The van der Waals surface area contributed by atoms with Gasteiger partial charge in [-0.05, 0) is 37.5 Å². The summed E-state index contributed by atoms with van der Waals surface area (Å²) < 4.78 is 5.77. The summed E-state index contributed by atoms with van der Waals surface area (Å²) in [5, 5.41) is 22.3. The summed E-state index contributed by atoms with van der Waals surface area (Å²) in [6.07, 6.45) is 4.54. The van der Waals surface area contributed by atoms with Crippen molar-refractivity contribution < 1.29 is 14.9 Å². The van der Waals surface area contributed by atoms with E-state index >= 15 is 0 Å². The van der Waals surface area contributed by atoms with Gasteiger partial charge in [-0.2, -0.15) is 0 Å². The van der Waals surface area contributed by atoms with Gasteiger partial charge in [-0.25, -0.2) is 0 Å². The van der Waals surface area contributed by atoms with E-state index in [4.69, 9.17) is 4.74 Å². The maximum atomic E-state index is 9.89.